The Bertz CT molecular complexity index is 1060. The van der Waals surface area contributed by atoms with Crippen molar-refractivity contribution in [3.05, 3.63) is 54.1 Å². The number of fused-ring (bicyclic) bond motifs is 1. The van der Waals surface area contributed by atoms with Gasteiger partial charge in [-0.15, -0.1) is 0 Å². The van der Waals surface area contributed by atoms with E-state index in [-0.39, 0.29) is 23.5 Å². The lowest BCUT2D eigenvalue weighted by molar-refractivity contribution is 0.0948. The number of imidazole rings is 1. The predicted octanol–water partition coefficient (Wildman–Crippen LogP) is 2.50. The highest BCUT2D eigenvalue weighted by atomic mass is 16.5. The minimum absolute atomic E-state index is 0.112. The van der Waals surface area contributed by atoms with Gasteiger partial charge in [-0.1, -0.05) is 6.07 Å². The quantitative estimate of drug-likeness (QED) is 0.685. The number of hydrogen-bond acceptors (Lipinski definition) is 5. The molecular formula is C20H20N4O4. The van der Waals surface area contributed by atoms with Crippen LogP contribution in [-0.4, -0.2) is 41.5 Å². The van der Waals surface area contributed by atoms with Gasteiger partial charge in [-0.05, 0) is 37.1 Å². The first-order valence-electron chi connectivity index (χ1n) is 8.92. The lowest BCUT2D eigenvalue weighted by atomic mass is 10.2. The Labute approximate surface area is 161 Å². The van der Waals surface area contributed by atoms with E-state index in [1.54, 1.807) is 54.1 Å². The molecule has 1 aromatic carbocycles. The number of anilines is 1. The zero-order chi connectivity index (χ0) is 19.7. The number of hydrogen-bond donors (Lipinski definition) is 2. The third-order valence-electron chi connectivity index (χ3n) is 4.53. The van der Waals surface area contributed by atoms with Crippen molar-refractivity contribution in [1.29, 1.82) is 0 Å². The van der Waals surface area contributed by atoms with E-state index >= 15 is 0 Å². The van der Waals surface area contributed by atoms with Crippen LogP contribution >= 0.6 is 0 Å². The van der Waals surface area contributed by atoms with Crippen molar-refractivity contribution in [3.8, 4) is 11.5 Å². The molecule has 0 atom stereocenters. The minimum Gasteiger partial charge on any atom is -0.497 e. The number of rotatable bonds is 6. The number of aromatic nitrogens is 2. The summed E-state index contributed by atoms with van der Waals surface area (Å²) in [6, 6.07) is 10.6. The summed E-state index contributed by atoms with van der Waals surface area (Å²) in [7, 11) is 3.06. The summed E-state index contributed by atoms with van der Waals surface area (Å²) in [4.78, 5) is 29.8. The summed E-state index contributed by atoms with van der Waals surface area (Å²) in [5.74, 6) is 0.444. The van der Waals surface area contributed by atoms with Crippen LogP contribution in [0.1, 0.15) is 33.9 Å². The number of benzene rings is 1. The number of nitrogens with one attached hydrogen (secondary N) is 2. The number of carbonyl (C=O) groups excluding carboxylic acids is 2. The van der Waals surface area contributed by atoms with E-state index < -0.39 is 5.91 Å². The second-order valence-electron chi connectivity index (χ2n) is 6.51. The van der Waals surface area contributed by atoms with Gasteiger partial charge in [-0.25, -0.2) is 4.98 Å². The maximum atomic E-state index is 12.9. The molecule has 0 radical (unpaired) electrons. The number of carbonyl (C=O) groups is 2. The topological polar surface area (TPSA) is 94.0 Å². The Hall–Kier alpha value is -3.55. The van der Waals surface area contributed by atoms with Crippen LogP contribution in [0.15, 0.2) is 42.6 Å². The van der Waals surface area contributed by atoms with Crippen molar-refractivity contribution < 1.29 is 19.1 Å². The van der Waals surface area contributed by atoms with Gasteiger partial charge >= 0.3 is 0 Å². The van der Waals surface area contributed by atoms with Crippen LogP contribution in [0.2, 0.25) is 0 Å². The van der Waals surface area contributed by atoms with Crippen LogP contribution in [-0.2, 0) is 0 Å². The normalized spacial score (nSPS) is 13.2. The van der Waals surface area contributed by atoms with Gasteiger partial charge in [0.2, 0.25) is 5.82 Å². The monoisotopic (exact) mass is 380 g/mol. The molecule has 0 bridgehead atoms. The highest BCUT2D eigenvalue weighted by Gasteiger charge is 2.27. The van der Waals surface area contributed by atoms with Gasteiger partial charge in [0, 0.05) is 18.3 Å². The molecule has 2 aromatic heterocycles. The summed E-state index contributed by atoms with van der Waals surface area (Å²) in [6.07, 6.45) is 3.65. The zero-order valence-electron chi connectivity index (χ0n) is 15.6. The SMILES string of the molecule is COc1ccc(OC)c(NC(=O)c2nc(C(=O)NC3CC3)c3ccccn23)c1. The molecule has 0 saturated heterocycles. The molecule has 0 unspecified atom stereocenters. The molecule has 1 aliphatic rings. The fourth-order valence-electron chi connectivity index (χ4n) is 2.94. The average molecular weight is 380 g/mol. The summed E-state index contributed by atoms with van der Waals surface area (Å²) in [5, 5.41) is 5.71. The number of amides is 2. The Kier molecular flexibility index (Phi) is 4.60. The minimum atomic E-state index is -0.460. The van der Waals surface area contributed by atoms with Crippen LogP contribution in [0.4, 0.5) is 5.69 Å². The largest absolute Gasteiger partial charge is 0.497 e. The highest BCUT2D eigenvalue weighted by Crippen LogP contribution is 2.29. The summed E-state index contributed by atoms with van der Waals surface area (Å²) < 4.78 is 12.1. The molecule has 0 spiro atoms. The first kappa shape index (κ1) is 17.8. The van der Waals surface area contributed by atoms with Crippen molar-refractivity contribution in [2.24, 2.45) is 0 Å². The number of ether oxygens (including phenoxy) is 2. The molecule has 1 saturated carbocycles. The zero-order valence-corrected chi connectivity index (χ0v) is 15.6. The second-order valence-corrected chi connectivity index (χ2v) is 6.51. The lowest BCUT2D eigenvalue weighted by Gasteiger charge is -2.11. The average Bonchev–Trinajstić information content (AvgIpc) is 3.44. The third-order valence-corrected chi connectivity index (χ3v) is 4.53. The molecule has 0 aliphatic heterocycles. The van der Waals surface area contributed by atoms with Gasteiger partial charge in [0.05, 0.1) is 25.4 Å². The maximum Gasteiger partial charge on any atom is 0.292 e. The number of nitrogens with zero attached hydrogens (tertiary/aromatic N) is 2. The van der Waals surface area contributed by atoms with Crippen LogP contribution in [0.25, 0.3) is 5.52 Å². The van der Waals surface area contributed by atoms with Crippen molar-refractivity contribution in [1.82, 2.24) is 14.7 Å². The van der Waals surface area contributed by atoms with E-state index in [9.17, 15) is 9.59 Å². The van der Waals surface area contributed by atoms with Crippen LogP contribution in [0.3, 0.4) is 0 Å². The smallest absolute Gasteiger partial charge is 0.292 e. The van der Waals surface area contributed by atoms with E-state index in [1.165, 1.54) is 7.11 Å². The number of pyridine rings is 1. The molecule has 144 valence electrons. The predicted molar refractivity (Wildman–Crippen MR) is 103 cm³/mol. The fraction of sp³-hybridized carbons (Fsp3) is 0.250. The second kappa shape index (κ2) is 7.22. The first-order valence-corrected chi connectivity index (χ1v) is 8.92. The summed E-state index contributed by atoms with van der Waals surface area (Å²) >= 11 is 0. The van der Waals surface area contributed by atoms with Crippen molar-refractivity contribution in [2.75, 3.05) is 19.5 Å². The highest BCUT2D eigenvalue weighted by molar-refractivity contribution is 6.06. The third kappa shape index (κ3) is 3.36. The Morgan fingerprint density at radius 3 is 2.64 bits per heavy atom. The standard InChI is InChI=1S/C20H20N4O4/c1-27-13-8-9-16(28-2)14(11-13)22-20(26)18-23-17(19(25)21-12-6-7-12)15-5-3-4-10-24(15)18/h3-5,8-12H,6-7H2,1-2H3,(H,21,25)(H,22,26). The van der Waals surface area contributed by atoms with Crippen molar-refractivity contribution in [2.45, 2.75) is 18.9 Å². The molecule has 2 amide bonds. The van der Waals surface area contributed by atoms with Crippen LogP contribution in [0.5, 0.6) is 11.5 Å². The maximum absolute atomic E-state index is 12.9. The molecule has 3 aromatic rings. The lowest BCUT2D eigenvalue weighted by Crippen LogP contribution is -2.26. The fourth-order valence-corrected chi connectivity index (χ4v) is 2.94. The molecule has 1 fully saturated rings. The molecule has 2 heterocycles. The van der Waals surface area contributed by atoms with Gasteiger partial charge in [0.25, 0.3) is 11.8 Å². The molecule has 1 aliphatic carbocycles. The van der Waals surface area contributed by atoms with E-state index in [2.05, 4.69) is 15.6 Å². The first-order chi connectivity index (χ1) is 13.6. The molecule has 4 rings (SSSR count). The van der Waals surface area contributed by atoms with Gasteiger partial charge < -0.3 is 20.1 Å². The van der Waals surface area contributed by atoms with E-state index in [0.29, 0.717) is 22.7 Å². The molecule has 8 heteroatoms. The van der Waals surface area contributed by atoms with Gasteiger partial charge in [-0.2, -0.15) is 0 Å². The number of methoxy groups -OCH3 is 2. The van der Waals surface area contributed by atoms with Crippen LogP contribution < -0.4 is 20.1 Å². The van der Waals surface area contributed by atoms with E-state index in [0.717, 1.165) is 12.8 Å². The summed E-state index contributed by atoms with van der Waals surface area (Å²) in [5.41, 5.74) is 1.25. The Balaban J connectivity index is 1.69. The van der Waals surface area contributed by atoms with Crippen molar-refractivity contribution >= 4 is 23.0 Å². The van der Waals surface area contributed by atoms with Gasteiger partial charge in [-0.3, -0.25) is 14.0 Å². The molecule has 8 nitrogen and oxygen atoms in total. The summed E-state index contributed by atoms with van der Waals surface area (Å²) in [6.45, 7) is 0. The van der Waals surface area contributed by atoms with E-state index in [1.807, 2.05) is 0 Å². The Morgan fingerprint density at radius 1 is 1.11 bits per heavy atom. The van der Waals surface area contributed by atoms with Crippen molar-refractivity contribution in [3.63, 3.8) is 0 Å². The Morgan fingerprint density at radius 2 is 1.93 bits per heavy atom. The van der Waals surface area contributed by atoms with Gasteiger partial charge in [0.1, 0.15) is 11.5 Å². The molecule has 2 N–H and O–H groups in total. The van der Waals surface area contributed by atoms with E-state index in [4.69, 9.17) is 9.47 Å². The van der Waals surface area contributed by atoms with Crippen LogP contribution in [0, 0.1) is 0 Å². The van der Waals surface area contributed by atoms with Gasteiger partial charge in [0.15, 0.2) is 5.69 Å². The molecular weight excluding hydrogens is 360 g/mol. The molecule has 28 heavy (non-hydrogen) atoms.